The van der Waals surface area contributed by atoms with E-state index in [-0.39, 0.29) is 17.4 Å². The number of rotatable bonds is 4. The highest BCUT2D eigenvalue weighted by molar-refractivity contribution is 5.84. The lowest BCUT2D eigenvalue weighted by molar-refractivity contribution is -0.142. The van der Waals surface area contributed by atoms with Crippen molar-refractivity contribution in [3.63, 3.8) is 0 Å². The zero-order valence-electron chi connectivity index (χ0n) is 11.8. The number of hydrogen-bond donors (Lipinski definition) is 2. The summed E-state index contributed by atoms with van der Waals surface area (Å²) in [6.45, 7) is 0.462. The molecule has 1 amide bonds. The minimum atomic E-state index is -0.531. The maximum atomic E-state index is 12.5. The SMILES string of the molecule is COCC1(C(=O)N[C@@H]2c3ccccc3C[C@@H]2O)CCC1. The number of aliphatic hydroxyl groups is 1. The van der Waals surface area contributed by atoms with E-state index in [1.165, 1.54) is 0 Å². The van der Waals surface area contributed by atoms with Crippen LogP contribution in [0.25, 0.3) is 0 Å². The van der Waals surface area contributed by atoms with Crippen LogP contribution >= 0.6 is 0 Å². The Morgan fingerprint density at radius 3 is 2.85 bits per heavy atom. The van der Waals surface area contributed by atoms with Crippen LogP contribution in [0.1, 0.15) is 36.4 Å². The van der Waals surface area contributed by atoms with Gasteiger partial charge in [0.05, 0.1) is 24.2 Å². The molecule has 1 aromatic rings. The van der Waals surface area contributed by atoms with E-state index in [2.05, 4.69) is 5.32 Å². The Hall–Kier alpha value is -1.39. The van der Waals surface area contributed by atoms with Gasteiger partial charge in [-0.2, -0.15) is 0 Å². The summed E-state index contributed by atoms with van der Waals surface area (Å²) >= 11 is 0. The number of nitrogens with one attached hydrogen (secondary N) is 1. The Morgan fingerprint density at radius 2 is 2.20 bits per heavy atom. The monoisotopic (exact) mass is 275 g/mol. The van der Waals surface area contributed by atoms with Crippen molar-refractivity contribution in [2.24, 2.45) is 5.41 Å². The van der Waals surface area contributed by atoms with Crippen molar-refractivity contribution in [3.05, 3.63) is 35.4 Å². The molecular formula is C16H21NO3. The molecule has 108 valence electrons. The molecule has 1 saturated carbocycles. The molecule has 1 fully saturated rings. The molecule has 2 atom stereocenters. The van der Waals surface area contributed by atoms with Gasteiger partial charge in [0.2, 0.25) is 5.91 Å². The molecular weight excluding hydrogens is 254 g/mol. The standard InChI is InChI=1S/C16H21NO3/c1-20-10-16(7-4-8-16)15(19)17-14-12-6-3-2-5-11(12)9-13(14)18/h2-3,5-6,13-14,18H,4,7-10H2,1H3,(H,17,19)/t13-,14+/m0/s1. The number of carbonyl (C=O) groups is 1. The first-order valence-corrected chi connectivity index (χ1v) is 7.22. The highest BCUT2D eigenvalue weighted by atomic mass is 16.5. The van der Waals surface area contributed by atoms with E-state index < -0.39 is 6.10 Å². The minimum Gasteiger partial charge on any atom is -0.390 e. The van der Waals surface area contributed by atoms with Crippen molar-refractivity contribution in [1.29, 1.82) is 0 Å². The van der Waals surface area contributed by atoms with Crippen LogP contribution in [0.5, 0.6) is 0 Å². The fourth-order valence-corrected chi connectivity index (χ4v) is 3.36. The molecule has 0 aliphatic heterocycles. The van der Waals surface area contributed by atoms with Gasteiger partial charge in [-0.25, -0.2) is 0 Å². The number of hydrogen-bond acceptors (Lipinski definition) is 3. The first-order chi connectivity index (χ1) is 9.66. The molecule has 0 unspecified atom stereocenters. The molecule has 0 saturated heterocycles. The van der Waals surface area contributed by atoms with Crippen LogP contribution in [0.15, 0.2) is 24.3 Å². The highest BCUT2D eigenvalue weighted by Crippen LogP contribution is 2.42. The van der Waals surface area contributed by atoms with E-state index in [0.29, 0.717) is 13.0 Å². The third-order valence-corrected chi connectivity index (χ3v) is 4.70. The van der Waals surface area contributed by atoms with Crippen LogP contribution in [0.2, 0.25) is 0 Å². The third kappa shape index (κ3) is 2.13. The zero-order valence-corrected chi connectivity index (χ0v) is 11.8. The summed E-state index contributed by atoms with van der Waals surface area (Å²) in [5.41, 5.74) is 1.78. The molecule has 4 heteroatoms. The van der Waals surface area contributed by atoms with Crippen molar-refractivity contribution in [1.82, 2.24) is 5.32 Å². The maximum Gasteiger partial charge on any atom is 0.229 e. The van der Waals surface area contributed by atoms with E-state index in [1.807, 2.05) is 24.3 Å². The van der Waals surface area contributed by atoms with Gasteiger partial charge in [-0.3, -0.25) is 4.79 Å². The second-order valence-corrected chi connectivity index (χ2v) is 5.99. The van der Waals surface area contributed by atoms with Gasteiger partial charge in [-0.1, -0.05) is 30.7 Å². The van der Waals surface area contributed by atoms with Gasteiger partial charge >= 0.3 is 0 Å². The average Bonchev–Trinajstić information content (AvgIpc) is 2.70. The highest BCUT2D eigenvalue weighted by Gasteiger charge is 2.46. The van der Waals surface area contributed by atoms with E-state index in [9.17, 15) is 9.90 Å². The summed E-state index contributed by atoms with van der Waals surface area (Å²) in [6.07, 6.45) is 2.89. The van der Waals surface area contributed by atoms with E-state index in [1.54, 1.807) is 7.11 Å². The number of aliphatic hydroxyl groups excluding tert-OH is 1. The van der Waals surface area contributed by atoms with Crippen molar-refractivity contribution in [2.75, 3.05) is 13.7 Å². The molecule has 0 spiro atoms. The predicted octanol–water partition coefficient (Wildman–Crippen LogP) is 1.58. The van der Waals surface area contributed by atoms with Crippen LogP contribution in [-0.4, -0.2) is 30.8 Å². The van der Waals surface area contributed by atoms with Gasteiger partial charge in [0.15, 0.2) is 0 Å². The van der Waals surface area contributed by atoms with Crippen LogP contribution in [0.4, 0.5) is 0 Å². The fourth-order valence-electron chi connectivity index (χ4n) is 3.36. The first-order valence-electron chi connectivity index (χ1n) is 7.22. The average molecular weight is 275 g/mol. The zero-order chi connectivity index (χ0) is 14.2. The van der Waals surface area contributed by atoms with Crippen molar-refractivity contribution < 1.29 is 14.6 Å². The van der Waals surface area contributed by atoms with E-state index in [4.69, 9.17) is 4.74 Å². The van der Waals surface area contributed by atoms with E-state index in [0.717, 1.165) is 30.4 Å². The number of benzene rings is 1. The molecule has 0 heterocycles. The number of methoxy groups -OCH3 is 1. The number of fused-ring (bicyclic) bond motifs is 1. The topological polar surface area (TPSA) is 58.6 Å². The number of ether oxygens (including phenoxy) is 1. The Labute approximate surface area is 119 Å². The van der Waals surface area contributed by atoms with Crippen LogP contribution in [0, 0.1) is 5.41 Å². The molecule has 3 rings (SSSR count). The number of amides is 1. The molecule has 0 radical (unpaired) electrons. The van der Waals surface area contributed by atoms with Gasteiger partial charge in [0.25, 0.3) is 0 Å². The van der Waals surface area contributed by atoms with Crippen LogP contribution in [-0.2, 0) is 16.0 Å². The Kier molecular flexibility index (Phi) is 3.52. The Balaban J connectivity index is 1.76. The lowest BCUT2D eigenvalue weighted by Crippen LogP contribution is -2.50. The summed E-state index contributed by atoms with van der Waals surface area (Å²) in [5, 5.41) is 13.2. The smallest absolute Gasteiger partial charge is 0.229 e. The molecule has 20 heavy (non-hydrogen) atoms. The number of carbonyl (C=O) groups excluding carboxylic acids is 1. The largest absolute Gasteiger partial charge is 0.390 e. The molecule has 4 nitrogen and oxygen atoms in total. The van der Waals surface area contributed by atoms with Crippen molar-refractivity contribution in [2.45, 2.75) is 37.8 Å². The van der Waals surface area contributed by atoms with Crippen molar-refractivity contribution >= 4 is 5.91 Å². The maximum absolute atomic E-state index is 12.5. The van der Waals surface area contributed by atoms with Gasteiger partial charge < -0.3 is 15.2 Å². The molecule has 2 N–H and O–H groups in total. The lowest BCUT2D eigenvalue weighted by Gasteiger charge is -2.40. The minimum absolute atomic E-state index is 0.0198. The van der Waals surface area contributed by atoms with Crippen LogP contribution in [0.3, 0.4) is 0 Å². The Morgan fingerprint density at radius 1 is 1.45 bits per heavy atom. The lowest BCUT2D eigenvalue weighted by atomic mass is 9.68. The summed E-state index contributed by atoms with van der Waals surface area (Å²) in [7, 11) is 1.63. The second-order valence-electron chi connectivity index (χ2n) is 5.99. The molecule has 0 bridgehead atoms. The molecule has 2 aliphatic carbocycles. The molecule has 0 aromatic heterocycles. The third-order valence-electron chi connectivity index (χ3n) is 4.70. The normalized spacial score (nSPS) is 26.7. The molecule has 1 aromatic carbocycles. The second kappa shape index (κ2) is 5.19. The van der Waals surface area contributed by atoms with E-state index >= 15 is 0 Å². The van der Waals surface area contributed by atoms with Gasteiger partial charge in [0, 0.05) is 13.5 Å². The summed E-state index contributed by atoms with van der Waals surface area (Å²) < 4.78 is 5.21. The summed E-state index contributed by atoms with van der Waals surface area (Å²) in [6, 6.07) is 7.63. The fraction of sp³-hybridized carbons (Fsp3) is 0.562. The Bertz CT molecular complexity index is 510. The van der Waals surface area contributed by atoms with Crippen LogP contribution < -0.4 is 5.32 Å². The van der Waals surface area contributed by atoms with Gasteiger partial charge in [-0.05, 0) is 24.0 Å². The van der Waals surface area contributed by atoms with Gasteiger partial charge in [0.1, 0.15) is 0 Å². The quantitative estimate of drug-likeness (QED) is 0.877. The summed E-state index contributed by atoms with van der Waals surface area (Å²) in [4.78, 5) is 12.5. The predicted molar refractivity (Wildman–Crippen MR) is 75.2 cm³/mol. The van der Waals surface area contributed by atoms with Crippen molar-refractivity contribution in [3.8, 4) is 0 Å². The van der Waals surface area contributed by atoms with Gasteiger partial charge in [-0.15, -0.1) is 0 Å². The first kappa shape index (κ1) is 13.6. The molecule has 2 aliphatic rings. The summed E-state index contributed by atoms with van der Waals surface area (Å²) in [5.74, 6) is 0.0198.